The Bertz CT molecular complexity index is 460. The topological polar surface area (TPSA) is 114 Å². The van der Waals surface area contributed by atoms with Gasteiger partial charge in [-0.1, -0.05) is 6.42 Å². The molecule has 19 heavy (non-hydrogen) atoms. The summed E-state index contributed by atoms with van der Waals surface area (Å²) in [5.74, 6) is -0.418. The number of aromatic amines is 1. The number of amides is 2. The third kappa shape index (κ3) is 3.48. The molecule has 0 spiro atoms. The highest BCUT2D eigenvalue weighted by atomic mass is 35.5. The van der Waals surface area contributed by atoms with Crippen molar-refractivity contribution in [1.29, 1.82) is 0 Å². The van der Waals surface area contributed by atoms with Crippen LogP contribution in [0.15, 0.2) is 12.3 Å². The van der Waals surface area contributed by atoms with Crippen molar-refractivity contribution in [3.05, 3.63) is 23.5 Å². The lowest BCUT2D eigenvalue weighted by Gasteiger charge is -2.18. The molecule has 0 radical (unpaired) electrons. The molecule has 1 fully saturated rings. The molecule has 1 aliphatic rings. The second-order valence-corrected chi connectivity index (χ2v) is 4.67. The zero-order chi connectivity index (χ0) is 13.1. The molecule has 2 unspecified atom stereocenters. The molecule has 1 aromatic rings. The van der Waals surface area contributed by atoms with E-state index < -0.39 is 5.91 Å². The Hall–Kier alpha value is -1.53. The van der Waals surface area contributed by atoms with Crippen molar-refractivity contribution in [1.82, 2.24) is 10.3 Å². The predicted molar refractivity (Wildman–Crippen MR) is 74.2 cm³/mol. The molecule has 6 N–H and O–H groups in total. The number of H-pyrrole nitrogens is 1. The minimum Gasteiger partial charge on any atom is -0.366 e. The standard InChI is InChI=1S/C12H18N4O2.ClH/c13-5-7-2-1-3-9(7)16-12(18)10-4-8(6-15-10)11(14)17;/h4,6-7,9,15H,1-3,5,13H2,(H2,14,17)(H,16,18);1H. The van der Waals surface area contributed by atoms with Gasteiger partial charge in [0.05, 0.1) is 5.56 Å². The minimum absolute atomic E-state index is 0. The molecule has 1 heterocycles. The fraction of sp³-hybridized carbons (Fsp3) is 0.500. The van der Waals surface area contributed by atoms with Gasteiger partial charge in [0.25, 0.3) is 5.91 Å². The van der Waals surface area contributed by atoms with Crippen LogP contribution < -0.4 is 16.8 Å². The van der Waals surface area contributed by atoms with Gasteiger partial charge in [-0.2, -0.15) is 0 Å². The Labute approximate surface area is 117 Å². The Morgan fingerprint density at radius 2 is 2.16 bits per heavy atom. The molecular weight excluding hydrogens is 268 g/mol. The summed E-state index contributed by atoms with van der Waals surface area (Å²) in [6.45, 7) is 0.586. The summed E-state index contributed by atoms with van der Waals surface area (Å²) in [5.41, 5.74) is 11.4. The number of primary amides is 1. The van der Waals surface area contributed by atoms with Crippen LogP contribution in [0.2, 0.25) is 0 Å². The molecule has 0 aliphatic heterocycles. The molecule has 0 bridgehead atoms. The number of hydrogen-bond donors (Lipinski definition) is 4. The van der Waals surface area contributed by atoms with Gasteiger partial charge in [-0.15, -0.1) is 12.4 Å². The first kappa shape index (κ1) is 15.5. The van der Waals surface area contributed by atoms with E-state index in [0.29, 0.717) is 23.7 Å². The summed E-state index contributed by atoms with van der Waals surface area (Å²) in [7, 11) is 0. The van der Waals surface area contributed by atoms with Gasteiger partial charge in [0.15, 0.2) is 0 Å². The minimum atomic E-state index is -0.550. The Morgan fingerprint density at radius 1 is 1.42 bits per heavy atom. The molecule has 2 amide bonds. The number of rotatable bonds is 4. The molecule has 2 atom stereocenters. The maximum absolute atomic E-state index is 12.0. The lowest BCUT2D eigenvalue weighted by atomic mass is 10.0. The van der Waals surface area contributed by atoms with E-state index in [9.17, 15) is 9.59 Å². The van der Waals surface area contributed by atoms with Crippen LogP contribution in [0.3, 0.4) is 0 Å². The van der Waals surface area contributed by atoms with Crippen LogP contribution in [-0.4, -0.2) is 29.4 Å². The number of aromatic nitrogens is 1. The van der Waals surface area contributed by atoms with Crippen LogP contribution in [0.1, 0.15) is 40.1 Å². The van der Waals surface area contributed by atoms with E-state index in [2.05, 4.69) is 10.3 Å². The van der Waals surface area contributed by atoms with E-state index in [1.165, 1.54) is 12.3 Å². The molecule has 6 nitrogen and oxygen atoms in total. The fourth-order valence-corrected chi connectivity index (χ4v) is 2.42. The van der Waals surface area contributed by atoms with Crippen LogP contribution in [-0.2, 0) is 0 Å². The highest BCUT2D eigenvalue weighted by Crippen LogP contribution is 2.24. The fourth-order valence-electron chi connectivity index (χ4n) is 2.42. The van der Waals surface area contributed by atoms with Gasteiger partial charge in [0.2, 0.25) is 5.91 Å². The number of carbonyl (C=O) groups excluding carboxylic acids is 2. The second-order valence-electron chi connectivity index (χ2n) is 4.67. The SMILES string of the molecule is Cl.NCC1CCCC1NC(=O)c1cc(C(N)=O)c[nH]1. The van der Waals surface area contributed by atoms with Crippen molar-refractivity contribution in [2.24, 2.45) is 17.4 Å². The third-order valence-electron chi connectivity index (χ3n) is 3.49. The monoisotopic (exact) mass is 286 g/mol. The number of nitrogens with two attached hydrogens (primary N) is 2. The average molecular weight is 287 g/mol. The molecule has 1 aromatic heterocycles. The van der Waals surface area contributed by atoms with Crippen molar-refractivity contribution in [2.75, 3.05) is 6.54 Å². The van der Waals surface area contributed by atoms with Gasteiger partial charge in [0.1, 0.15) is 5.69 Å². The van der Waals surface area contributed by atoms with Gasteiger partial charge in [0, 0.05) is 12.2 Å². The first-order valence-electron chi connectivity index (χ1n) is 6.11. The molecule has 2 rings (SSSR count). The van der Waals surface area contributed by atoms with Crippen LogP contribution in [0, 0.1) is 5.92 Å². The maximum atomic E-state index is 12.0. The normalized spacial score (nSPS) is 21.7. The summed E-state index contributed by atoms with van der Waals surface area (Å²) < 4.78 is 0. The van der Waals surface area contributed by atoms with Gasteiger partial charge in [-0.25, -0.2) is 0 Å². The van der Waals surface area contributed by atoms with Crippen molar-refractivity contribution in [3.63, 3.8) is 0 Å². The van der Waals surface area contributed by atoms with Crippen LogP contribution in [0.5, 0.6) is 0 Å². The Kier molecular flexibility index (Phi) is 5.38. The quantitative estimate of drug-likeness (QED) is 0.642. The van der Waals surface area contributed by atoms with Crippen LogP contribution in [0.25, 0.3) is 0 Å². The van der Waals surface area contributed by atoms with Gasteiger partial charge in [-0.3, -0.25) is 9.59 Å². The molecule has 106 valence electrons. The number of carbonyl (C=O) groups is 2. The first-order valence-corrected chi connectivity index (χ1v) is 6.11. The molecule has 7 heteroatoms. The van der Waals surface area contributed by atoms with E-state index in [-0.39, 0.29) is 24.4 Å². The molecule has 1 saturated carbocycles. The summed E-state index contributed by atoms with van der Waals surface area (Å²) >= 11 is 0. The van der Waals surface area contributed by atoms with E-state index in [4.69, 9.17) is 11.5 Å². The molecular formula is C12H19ClN4O2. The predicted octanol–water partition coefficient (Wildman–Crippen LogP) is 0.393. The van der Waals surface area contributed by atoms with E-state index in [1.54, 1.807) is 0 Å². The summed E-state index contributed by atoms with van der Waals surface area (Å²) in [5, 5.41) is 2.95. The van der Waals surface area contributed by atoms with Gasteiger partial charge >= 0.3 is 0 Å². The van der Waals surface area contributed by atoms with Crippen molar-refractivity contribution in [2.45, 2.75) is 25.3 Å². The van der Waals surface area contributed by atoms with E-state index in [0.717, 1.165) is 19.3 Å². The van der Waals surface area contributed by atoms with E-state index in [1.807, 2.05) is 0 Å². The lowest BCUT2D eigenvalue weighted by molar-refractivity contribution is 0.0924. The van der Waals surface area contributed by atoms with Crippen molar-refractivity contribution >= 4 is 24.2 Å². The summed E-state index contributed by atoms with van der Waals surface area (Å²) in [6, 6.07) is 1.59. The Balaban J connectivity index is 0.00000180. The van der Waals surface area contributed by atoms with Crippen LogP contribution >= 0.6 is 12.4 Å². The smallest absolute Gasteiger partial charge is 0.267 e. The summed E-state index contributed by atoms with van der Waals surface area (Å²) in [6.07, 6.45) is 4.53. The molecule has 1 aliphatic carbocycles. The van der Waals surface area contributed by atoms with Gasteiger partial charge in [-0.05, 0) is 31.4 Å². The second kappa shape index (κ2) is 6.58. The number of halogens is 1. The first-order chi connectivity index (χ1) is 8.61. The largest absolute Gasteiger partial charge is 0.366 e. The summed E-state index contributed by atoms with van der Waals surface area (Å²) in [4.78, 5) is 25.6. The van der Waals surface area contributed by atoms with Crippen LogP contribution in [0.4, 0.5) is 0 Å². The van der Waals surface area contributed by atoms with Crippen molar-refractivity contribution < 1.29 is 9.59 Å². The highest BCUT2D eigenvalue weighted by molar-refractivity contribution is 5.98. The highest BCUT2D eigenvalue weighted by Gasteiger charge is 2.27. The van der Waals surface area contributed by atoms with Crippen molar-refractivity contribution in [3.8, 4) is 0 Å². The molecule has 0 aromatic carbocycles. The average Bonchev–Trinajstić information content (AvgIpc) is 2.96. The molecule has 0 saturated heterocycles. The third-order valence-corrected chi connectivity index (χ3v) is 3.49. The van der Waals surface area contributed by atoms with E-state index >= 15 is 0 Å². The maximum Gasteiger partial charge on any atom is 0.267 e. The number of nitrogens with one attached hydrogen (secondary N) is 2. The lowest BCUT2D eigenvalue weighted by Crippen LogP contribution is -2.40. The number of hydrogen-bond acceptors (Lipinski definition) is 3. The zero-order valence-electron chi connectivity index (χ0n) is 10.5. The van der Waals surface area contributed by atoms with Gasteiger partial charge < -0.3 is 21.8 Å². The zero-order valence-corrected chi connectivity index (χ0v) is 11.3. The Morgan fingerprint density at radius 3 is 2.74 bits per heavy atom.